The molecule has 0 unspecified atom stereocenters. The first-order chi connectivity index (χ1) is 9.04. The van der Waals surface area contributed by atoms with Crippen LogP contribution in [0.4, 0.5) is 24.5 Å². The second-order valence-corrected chi connectivity index (χ2v) is 4.86. The van der Waals surface area contributed by atoms with Gasteiger partial charge in [-0.3, -0.25) is 9.91 Å². The Balaban J connectivity index is 1.81. The van der Waals surface area contributed by atoms with Crippen LogP contribution in [0.2, 0.25) is 0 Å². The van der Waals surface area contributed by atoms with E-state index in [1.165, 1.54) is 12.1 Å². The predicted octanol–water partition coefficient (Wildman–Crippen LogP) is 2.41. The number of rotatable bonds is 2. The van der Waals surface area contributed by atoms with Gasteiger partial charge in [-0.05, 0) is 44.1 Å². The lowest BCUT2D eigenvalue weighted by molar-refractivity contribution is -0.137. The van der Waals surface area contributed by atoms with Crippen molar-refractivity contribution in [3.05, 3.63) is 23.8 Å². The van der Waals surface area contributed by atoms with Gasteiger partial charge in [-0.2, -0.15) is 13.2 Å². The second-order valence-electron chi connectivity index (χ2n) is 4.86. The lowest BCUT2D eigenvalue weighted by Gasteiger charge is -2.24. The number of benzene rings is 1. The zero-order chi connectivity index (χ0) is 13.5. The molecule has 2 N–H and O–H groups in total. The van der Waals surface area contributed by atoms with Crippen molar-refractivity contribution in [1.82, 2.24) is 10.4 Å². The molecule has 0 amide bonds. The molecule has 2 aliphatic rings. The molecule has 0 bridgehead atoms. The van der Waals surface area contributed by atoms with Crippen LogP contribution >= 0.6 is 0 Å². The molecule has 0 aliphatic carbocycles. The van der Waals surface area contributed by atoms with Crippen LogP contribution in [0.5, 0.6) is 0 Å². The maximum absolute atomic E-state index is 12.7. The number of halogens is 3. The van der Waals surface area contributed by atoms with Gasteiger partial charge in [-0.15, -0.1) is 5.53 Å². The van der Waals surface area contributed by atoms with E-state index >= 15 is 0 Å². The maximum Gasteiger partial charge on any atom is 0.416 e. The highest BCUT2D eigenvalue weighted by Crippen LogP contribution is 2.36. The fraction of sp³-hybridized carbons (Fsp3) is 0.500. The molecule has 2 heterocycles. The molecule has 0 aromatic heterocycles. The van der Waals surface area contributed by atoms with Crippen molar-refractivity contribution in [2.45, 2.75) is 19.0 Å². The topological polar surface area (TPSA) is 30.5 Å². The number of alkyl halides is 3. The molecule has 3 rings (SSSR count). The van der Waals surface area contributed by atoms with Gasteiger partial charge in [0.25, 0.3) is 0 Å². The summed E-state index contributed by atoms with van der Waals surface area (Å²) in [5, 5.41) is 1.72. The summed E-state index contributed by atoms with van der Waals surface area (Å²) in [6.07, 6.45) is -2.01. The number of nitrogens with one attached hydrogen (secondary N) is 2. The zero-order valence-electron chi connectivity index (χ0n) is 10.3. The number of nitrogens with zero attached hydrogens (tertiary/aromatic N) is 2. The van der Waals surface area contributed by atoms with Crippen LogP contribution in [-0.2, 0) is 6.18 Å². The predicted molar refractivity (Wildman–Crippen MR) is 66.4 cm³/mol. The molecule has 104 valence electrons. The Morgan fingerprint density at radius 2 is 1.89 bits per heavy atom. The molecule has 1 saturated heterocycles. The van der Waals surface area contributed by atoms with Crippen LogP contribution < -0.4 is 16.0 Å². The van der Waals surface area contributed by atoms with Crippen molar-refractivity contribution in [3.8, 4) is 0 Å². The summed E-state index contributed by atoms with van der Waals surface area (Å²) in [6, 6.07) is 3.72. The SMILES string of the molecule is FC(F)(F)c1ccc2c(c1)N(CN1CCCC1)NN2. The highest BCUT2D eigenvalue weighted by Gasteiger charge is 2.33. The summed E-state index contributed by atoms with van der Waals surface area (Å²) < 4.78 is 38.2. The largest absolute Gasteiger partial charge is 0.416 e. The number of hydrogen-bond donors (Lipinski definition) is 2. The first kappa shape index (κ1) is 12.6. The summed E-state index contributed by atoms with van der Waals surface area (Å²) in [5.41, 5.74) is 6.38. The maximum atomic E-state index is 12.7. The number of likely N-dealkylation sites (tertiary alicyclic amines) is 1. The molecule has 19 heavy (non-hydrogen) atoms. The highest BCUT2D eigenvalue weighted by atomic mass is 19.4. The molecule has 0 atom stereocenters. The highest BCUT2D eigenvalue weighted by molar-refractivity contribution is 5.73. The van der Waals surface area contributed by atoms with Crippen molar-refractivity contribution in [2.75, 3.05) is 30.2 Å². The molecule has 0 spiro atoms. The van der Waals surface area contributed by atoms with Crippen LogP contribution in [0, 0.1) is 0 Å². The smallest absolute Gasteiger partial charge is 0.302 e. The first-order valence-electron chi connectivity index (χ1n) is 6.27. The van der Waals surface area contributed by atoms with Crippen molar-refractivity contribution in [2.24, 2.45) is 0 Å². The minimum Gasteiger partial charge on any atom is -0.302 e. The molecule has 1 fully saturated rings. The van der Waals surface area contributed by atoms with Gasteiger partial charge in [0.05, 0.1) is 23.6 Å². The fourth-order valence-electron chi connectivity index (χ4n) is 2.46. The number of hydrogen-bond acceptors (Lipinski definition) is 4. The molecule has 1 aromatic rings. The van der Waals surface area contributed by atoms with Crippen molar-refractivity contribution in [3.63, 3.8) is 0 Å². The summed E-state index contributed by atoms with van der Waals surface area (Å²) in [5.74, 6) is 0. The van der Waals surface area contributed by atoms with E-state index in [2.05, 4.69) is 15.9 Å². The quantitative estimate of drug-likeness (QED) is 0.865. The normalized spacial score (nSPS) is 19.6. The average molecular weight is 272 g/mol. The minimum atomic E-state index is -4.31. The third-order valence-corrected chi connectivity index (χ3v) is 3.48. The van der Waals surface area contributed by atoms with Gasteiger partial charge >= 0.3 is 6.18 Å². The van der Waals surface area contributed by atoms with Crippen molar-refractivity contribution < 1.29 is 13.2 Å². The Morgan fingerprint density at radius 1 is 1.16 bits per heavy atom. The Hall–Kier alpha value is -1.47. The van der Waals surface area contributed by atoms with Crippen LogP contribution in [0.25, 0.3) is 0 Å². The van der Waals surface area contributed by atoms with Gasteiger partial charge in [0, 0.05) is 0 Å². The number of anilines is 2. The van der Waals surface area contributed by atoms with Crippen LogP contribution in [0.1, 0.15) is 18.4 Å². The van der Waals surface area contributed by atoms with E-state index in [4.69, 9.17) is 0 Å². The van der Waals surface area contributed by atoms with E-state index < -0.39 is 11.7 Å². The van der Waals surface area contributed by atoms with Gasteiger partial charge in [0.2, 0.25) is 0 Å². The van der Waals surface area contributed by atoms with E-state index in [1.807, 2.05) is 0 Å². The lowest BCUT2D eigenvalue weighted by Crippen LogP contribution is -2.43. The van der Waals surface area contributed by atoms with Gasteiger partial charge in [-0.25, -0.2) is 0 Å². The van der Waals surface area contributed by atoms with Gasteiger partial charge in [-0.1, -0.05) is 0 Å². The third kappa shape index (κ3) is 2.48. The first-order valence-corrected chi connectivity index (χ1v) is 6.27. The minimum absolute atomic E-state index is 0.543. The van der Waals surface area contributed by atoms with E-state index in [0.29, 0.717) is 18.0 Å². The van der Waals surface area contributed by atoms with Gasteiger partial charge in [0.15, 0.2) is 0 Å². The Bertz CT molecular complexity index is 469. The van der Waals surface area contributed by atoms with E-state index in [-0.39, 0.29) is 0 Å². The third-order valence-electron chi connectivity index (χ3n) is 3.48. The molecule has 7 heteroatoms. The molecule has 0 radical (unpaired) electrons. The molecular formula is C12H15F3N4. The van der Waals surface area contributed by atoms with Gasteiger partial charge < -0.3 is 5.43 Å². The van der Waals surface area contributed by atoms with Crippen molar-refractivity contribution >= 4 is 11.4 Å². The fourth-order valence-corrected chi connectivity index (χ4v) is 2.46. The van der Waals surface area contributed by atoms with Crippen LogP contribution in [0.3, 0.4) is 0 Å². The Labute approximate surface area is 109 Å². The standard InChI is InChI=1S/C12H15F3N4/c13-12(14,15)9-3-4-10-11(7-9)19(17-16-10)8-18-5-1-2-6-18/h3-4,7,16-17H,1-2,5-6,8H2. The second kappa shape index (κ2) is 4.57. The summed E-state index contributed by atoms with van der Waals surface area (Å²) in [4.78, 5) is 2.21. The average Bonchev–Trinajstić information content (AvgIpc) is 2.98. The molecular weight excluding hydrogens is 257 g/mol. The Kier molecular flexibility index (Phi) is 3.02. The summed E-state index contributed by atoms with van der Waals surface area (Å²) >= 11 is 0. The molecule has 0 saturated carbocycles. The molecule has 4 nitrogen and oxygen atoms in total. The molecule has 2 aliphatic heterocycles. The zero-order valence-corrected chi connectivity index (χ0v) is 10.3. The monoisotopic (exact) mass is 272 g/mol. The summed E-state index contributed by atoms with van der Waals surface area (Å²) in [6.45, 7) is 2.57. The van der Waals surface area contributed by atoms with Crippen LogP contribution in [-0.4, -0.2) is 24.7 Å². The van der Waals surface area contributed by atoms with Crippen LogP contribution in [0.15, 0.2) is 18.2 Å². The van der Waals surface area contributed by atoms with Gasteiger partial charge in [0.1, 0.15) is 0 Å². The van der Waals surface area contributed by atoms with Crippen molar-refractivity contribution in [1.29, 1.82) is 0 Å². The van der Waals surface area contributed by atoms with E-state index in [9.17, 15) is 13.2 Å². The van der Waals surface area contributed by atoms with E-state index in [0.717, 1.165) is 32.0 Å². The lowest BCUT2D eigenvalue weighted by atomic mass is 10.1. The number of hydrazine groups is 2. The summed E-state index contributed by atoms with van der Waals surface area (Å²) in [7, 11) is 0. The Morgan fingerprint density at radius 3 is 2.58 bits per heavy atom. The molecule has 1 aromatic carbocycles. The van der Waals surface area contributed by atoms with E-state index in [1.54, 1.807) is 5.01 Å². The number of fused-ring (bicyclic) bond motifs is 1.